The smallest absolute Gasteiger partial charge is 0.363 e. The zero-order valence-corrected chi connectivity index (χ0v) is 20.8. The van der Waals surface area contributed by atoms with Crippen LogP contribution in [0, 0.1) is 0 Å². The van der Waals surface area contributed by atoms with Gasteiger partial charge in [-0.15, -0.1) is 0 Å². The summed E-state index contributed by atoms with van der Waals surface area (Å²) < 4.78 is 43.0. The van der Waals surface area contributed by atoms with Crippen LogP contribution in [-0.4, -0.2) is 45.9 Å². The highest BCUT2D eigenvalue weighted by Crippen LogP contribution is 2.44. The Morgan fingerprint density at radius 2 is 1.76 bits per heavy atom. The highest BCUT2D eigenvalue weighted by Gasteiger charge is 2.47. The molecular formula is C28H32F3N5O. The van der Waals surface area contributed by atoms with Crippen molar-refractivity contribution < 1.29 is 18.0 Å². The number of hydrogen-bond donors (Lipinski definition) is 2. The van der Waals surface area contributed by atoms with E-state index in [-0.39, 0.29) is 23.8 Å². The number of anilines is 1. The van der Waals surface area contributed by atoms with Gasteiger partial charge in [-0.25, -0.2) is 4.68 Å². The minimum absolute atomic E-state index is 0.0329. The molecule has 2 N–H and O–H groups in total. The number of benzene rings is 2. The molecule has 9 heteroatoms. The molecular weight excluding hydrogens is 479 g/mol. The number of piperidine rings is 1. The van der Waals surface area contributed by atoms with Crippen LogP contribution < -0.4 is 10.6 Å². The van der Waals surface area contributed by atoms with E-state index >= 15 is 0 Å². The van der Waals surface area contributed by atoms with Crippen molar-refractivity contribution >= 4 is 11.7 Å². The lowest BCUT2D eigenvalue weighted by molar-refractivity contribution is -0.173. The third-order valence-corrected chi connectivity index (χ3v) is 7.45. The van der Waals surface area contributed by atoms with Crippen molar-refractivity contribution in [3.8, 4) is 0 Å². The number of aromatic nitrogens is 2. The Balaban J connectivity index is 1.28. The number of likely N-dealkylation sites (tertiary alicyclic amines) is 1. The van der Waals surface area contributed by atoms with Crippen LogP contribution in [0.3, 0.4) is 0 Å². The molecule has 3 aromatic rings. The summed E-state index contributed by atoms with van der Waals surface area (Å²) in [6.45, 7) is 4.58. The van der Waals surface area contributed by atoms with Crippen molar-refractivity contribution in [3.05, 3.63) is 83.0 Å². The standard InChI is InChI=1S/C28H32F3N5O/c1-2-19-8-10-21(11-9-19)24-16-25(28(29,30)31)36-26(34-24)23(17-32-36)27(37)33-22-12-14-35(15-13-22)18-20-6-4-3-5-7-20/h3-11,17,22,24-25,34H,2,12-16,18H2,1H3,(H,33,37). The van der Waals surface area contributed by atoms with Gasteiger partial charge >= 0.3 is 6.18 Å². The van der Waals surface area contributed by atoms with Crippen LogP contribution >= 0.6 is 0 Å². The zero-order valence-electron chi connectivity index (χ0n) is 20.8. The molecule has 1 aromatic heterocycles. The number of halogens is 3. The maximum absolute atomic E-state index is 14.0. The van der Waals surface area contributed by atoms with Crippen molar-refractivity contribution in [2.24, 2.45) is 0 Å². The van der Waals surface area contributed by atoms with Crippen LogP contribution in [0.4, 0.5) is 19.0 Å². The Kier molecular flexibility index (Phi) is 7.24. The SMILES string of the molecule is CCc1ccc(C2CC(C(F)(F)F)n3ncc(C(=O)NC4CCN(Cc5ccccc5)CC4)c3N2)cc1. The number of hydrogen-bond acceptors (Lipinski definition) is 4. The molecule has 196 valence electrons. The molecule has 0 spiro atoms. The fraction of sp³-hybridized carbons (Fsp3) is 0.429. The van der Waals surface area contributed by atoms with E-state index in [0.717, 1.165) is 54.7 Å². The van der Waals surface area contributed by atoms with Gasteiger partial charge in [-0.1, -0.05) is 61.5 Å². The summed E-state index contributed by atoms with van der Waals surface area (Å²) in [6.07, 6.45) is -0.996. The topological polar surface area (TPSA) is 62.2 Å². The summed E-state index contributed by atoms with van der Waals surface area (Å²) in [5, 5.41) is 10.2. The highest BCUT2D eigenvalue weighted by atomic mass is 19.4. The molecule has 0 radical (unpaired) electrons. The van der Waals surface area contributed by atoms with Gasteiger partial charge in [-0.05, 0) is 36.0 Å². The number of amides is 1. The molecule has 0 saturated carbocycles. The Morgan fingerprint density at radius 1 is 1.05 bits per heavy atom. The number of aryl methyl sites for hydroxylation is 1. The maximum atomic E-state index is 14.0. The summed E-state index contributed by atoms with van der Waals surface area (Å²) in [6, 6.07) is 15.4. The molecule has 5 rings (SSSR count). The van der Waals surface area contributed by atoms with Crippen LogP contribution in [-0.2, 0) is 13.0 Å². The van der Waals surface area contributed by atoms with Crippen molar-refractivity contribution in [2.75, 3.05) is 18.4 Å². The molecule has 3 heterocycles. The molecule has 6 nitrogen and oxygen atoms in total. The second-order valence-electron chi connectivity index (χ2n) is 9.95. The van der Waals surface area contributed by atoms with E-state index in [1.54, 1.807) is 0 Å². The molecule has 37 heavy (non-hydrogen) atoms. The van der Waals surface area contributed by atoms with Gasteiger partial charge in [0.25, 0.3) is 5.91 Å². The highest BCUT2D eigenvalue weighted by molar-refractivity contribution is 5.99. The summed E-state index contributed by atoms with van der Waals surface area (Å²) in [5.74, 6) is -0.268. The molecule has 2 aliphatic rings. The first-order valence-corrected chi connectivity index (χ1v) is 12.9. The quantitative estimate of drug-likeness (QED) is 0.459. The number of carbonyl (C=O) groups excluding carboxylic acids is 1. The van der Waals surface area contributed by atoms with Gasteiger partial charge in [0.05, 0.1) is 12.2 Å². The number of nitrogens with zero attached hydrogens (tertiary/aromatic N) is 3. The normalized spacial score (nSPS) is 20.8. The second-order valence-corrected chi connectivity index (χ2v) is 9.95. The maximum Gasteiger partial charge on any atom is 0.410 e. The summed E-state index contributed by atoms with van der Waals surface area (Å²) in [5.41, 5.74) is 3.28. The second kappa shape index (κ2) is 10.6. The van der Waals surface area contributed by atoms with E-state index in [4.69, 9.17) is 0 Å². The van der Waals surface area contributed by atoms with Crippen LogP contribution in [0.25, 0.3) is 0 Å². The van der Waals surface area contributed by atoms with Crippen LogP contribution in [0.5, 0.6) is 0 Å². The minimum Gasteiger partial charge on any atom is -0.363 e. The van der Waals surface area contributed by atoms with Crippen molar-refractivity contribution in [3.63, 3.8) is 0 Å². The molecule has 0 bridgehead atoms. The predicted molar refractivity (Wildman–Crippen MR) is 136 cm³/mol. The van der Waals surface area contributed by atoms with E-state index in [9.17, 15) is 18.0 Å². The van der Waals surface area contributed by atoms with Gasteiger partial charge in [0.2, 0.25) is 0 Å². The van der Waals surface area contributed by atoms with Crippen molar-refractivity contribution in [1.82, 2.24) is 20.0 Å². The van der Waals surface area contributed by atoms with Gasteiger partial charge in [0.1, 0.15) is 11.4 Å². The predicted octanol–water partition coefficient (Wildman–Crippen LogP) is 5.50. The number of fused-ring (bicyclic) bond motifs is 1. The van der Waals surface area contributed by atoms with Crippen molar-refractivity contribution in [1.29, 1.82) is 0 Å². The zero-order chi connectivity index (χ0) is 26.0. The van der Waals surface area contributed by atoms with Gasteiger partial charge in [-0.3, -0.25) is 9.69 Å². The molecule has 1 amide bonds. The molecule has 0 aliphatic carbocycles. The van der Waals surface area contributed by atoms with Crippen LogP contribution in [0.2, 0.25) is 0 Å². The average Bonchev–Trinajstić information content (AvgIpc) is 3.33. The van der Waals surface area contributed by atoms with Gasteiger partial charge in [0.15, 0.2) is 6.04 Å². The Hall–Kier alpha value is -3.33. The number of nitrogens with one attached hydrogen (secondary N) is 2. The first kappa shape index (κ1) is 25.3. The molecule has 2 aliphatic heterocycles. The Morgan fingerprint density at radius 3 is 2.41 bits per heavy atom. The van der Waals surface area contributed by atoms with Gasteiger partial charge < -0.3 is 10.6 Å². The third kappa shape index (κ3) is 5.66. The van der Waals surface area contributed by atoms with Crippen LogP contribution in [0.15, 0.2) is 60.8 Å². The van der Waals surface area contributed by atoms with E-state index < -0.39 is 24.2 Å². The summed E-state index contributed by atoms with van der Waals surface area (Å²) in [7, 11) is 0. The van der Waals surface area contributed by atoms with Crippen LogP contribution in [0.1, 0.15) is 65.3 Å². The van der Waals surface area contributed by atoms with Gasteiger partial charge in [0, 0.05) is 32.1 Å². The molecule has 1 fully saturated rings. The monoisotopic (exact) mass is 511 g/mol. The fourth-order valence-corrected chi connectivity index (χ4v) is 5.27. The summed E-state index contributed by atoms with van der Waals surface area (Å²) in [4.78, 5) is 15.6. The lowest BCUT2D eigenvalue weighted by atomic mass is 9.95. The number of alkyl halides is 3. The van der Waals surface area contributed by atoms with E-state index in [1.807, 2.05) is 49.4 Å². The lowest BCUT2D eigenvalue weighted by Gasteiger charge is -2.34. The lowest BCUT2D eigenvalue weighted by Crippen LogP contribution is -2.44. The summed E-state index contributed by atoms with van der Waals surface area (Å²) >= 11 is 0. The minimum atomic E-state index is -4.48. The largest absolute Gasteiger partial charge is 0.410 e. The molecule has 2 aromatic carbocycles. The Bertz CT molecular complexity index is 1200. The third-order valence-electron chi connectivity index (χ3n) is 7.45. The van der Waals surface area contributed by atoms with Gasteiger partial charge in [-0.2, -0.15) is 18.3 Å². The first-order valence-electron chi connectivity index (χ1n) is 12.9. The fourth-order valence-electron chi connectivity index (χ4n) is 5.27. The Labute approximate surface area is 214 Å². The van der Waals surface area contributed by atoms with E-state index in [1.165, 1.54) is 11.8 Å². The van der Waals surface area contributed by atoms with E-state index in [0.29, 0.717) is 0 Å². The van der Waals surface area contributed by atoms with E-state index in [2.05, 4.69) is 32.8 Å². The molecule has 1 saturated heterocycles. The molecule has 2 atom stereocenters. The number of carbonyl (C=O) groups is 1. The number of rotatable bonds is 6. The molecule has 2 unspecified atom stereocenters. The first-order chi connectivity index (χ1) is 17.8. The average molecular weight is 512 g/mol. The van der Waals surface area contributed by atoms with Crippen molar-refractivity contribution in [2.45, 2.75) is 63.5 Å².